The van der Waals surface area contributed by atoms with Gasteiger partial charge in [-0.05, 0) is 48.9 Å². The highest BCUT2D eigenvalue weighted by Gasteiger charge is 2.12. The molecule has 0 aliphatic rings. The number of benzene rings is 2. The maximum absolute atomic E-state index is 5.88. The summed E-state index contributed by atoms with van der Waals surface area (Å²) in [5, 5.41) is 5.37. The molecule has 0 unspecified atom stereocenters. The van der Waals surface area contributed by atoms with Gasteiger partial charge in [-0.25, -0.2) is 9.97 Å². The van der Waals surface area contributed by atoms with E-state index in [0.717, 1.165) is 33.5 Å². The van der Waals surface area contributed by atoms with Gasteiger partial charge in [-0.3, -0.25) is 5.43 Å². The Morgan fingerprint density at radius 1 is 1.08 bits per heavy atom. The number of hydrazone groups is 1. The van der Waals surface area contributed by atoms with Crippen molar-refractivity contribution < 1.29 is 9.15 Å². The summed E-state index contributed by atoms with van der Waals surface area (Å²) in [6.07, 6.45) is 1.50. The van der Waals surface area contributed by atoms with Crippen LogP contribution < -0.4 is 10.2 Å². The quantitative estimate of drug-likeness (QED) is 0.447. The van der Waals surface area contributed by atoms with E-state index < -0.39 is 0 Å². The summed E-state index contributed by atoms with van der Waals surface area (Å²) in [6, 6.07) is 15.5. The number of hydrogen-bond donors (Lipinski definition) is 1. The highest BCUT2D eigenvalue weighted by molar-refractivity contribution is 6.05. The first-order valence-corrected chi connectivity index (χ1v) is 7.83. The second-order valence-electron chi connectivity index (χ2n) is 5.54. The number of hydrogen-bond acceptors (Lipinski definition) is 6. The van der Waals surface area contributed by atoms with Crippen molar-refractivity contribution in [2.75, 3.05) is 12.5 Å². The fourth-order valence-corrected chi connectivity index (χ4v) is 2.64. The Hall–Kier alpha value is -3.41. The van der Waals surface area contributed by atoms with Crippen LogP contribution in [0.5, 0.6) is 5.75 Å². The van der Waals surface area contributed by atoms with Crippen LogP contribution in [0.1, 0.15) is 12.5 Å². The molecule has 0 aliphatic carbocycles. The van der Waals surface area contributed by atoms with E-state index in [1.807, 2.05) is 55.5 Å². The minimum Gasteiger partial charge on any atom is -0.497 e. The summed E-state index contributed by atoms with van der Waals surface area (Å²) >= 11 is 0. The largest absolute Gasteiger partial charge is 0.497 e. The number of methoxy groups -OCH3 is 1. The van der Waals surface area contributed by atoms with Gasteiger partial charge in [0.25, 0.3) is 0 Å². The molecule has 0 bridgehead atoms. The predicted octanol–water partition coefficient (Wildman–Crippen LogP) is 4.22. The van der Waals surface area contributed by atoms with Crippen LogP contribution in [0.4, 0.5) is 5.82 Å². The molecule has 25 heavy (non-hydrogen) atoms. The Morgan fingerprint density at radius 3 is 2.68 bits per heavy atom. The van der Waals surface area contributed by atoms with E-state index in [0.29, 0.717) is 11.4 Å². The van der Waals surface area contributed by atoms with Crippen LogP contribution in [0.25, 0.3) is 22.1 Å². The third kappa shape index (κ3) is 2.78. The van der Waals surface area contributed by atoms with Crippen LogP contribution in [0, 0.1) is 0 Å². The number of rotatable bonds is 4. The highest BCUT2D eigenvalue weighted by atomic mass is 16.5. The lowest BCUT2D eigenvalue weighted by Gasteiger charge is -2.04. The molecule has 0 amide bonds. The SMILES string of the molecule is COc1ccc(/C(C)=N\Nc2ncnc3c2oc2ccccc23)cc1. The summed E-state index contributed by atoms with van der Waals surface area (Å²) in [7, 11) is 1.64. The Balaban J connectivity index is 1.68. The van der Waals surface area contributed by atoms with Gasteiger partial charge in [0.15, 0.2) is 11.4 Å². The Bertz CT molecular complexity index is 1070. The Labute approximate surface area is 144 Å². The van der Waals surface area contributed by atoms with Crippen LogP contribution in [-0.2, 0) is 0 Å². The zero-order valence-corrected chi connectivity index (χ0v) is 13.9. The first-order valence-electron chi connectivity index (χ1n) is 7.83. The van der Waals surface area contributed by atoms with E-state index in [9.17, 15) is 0 Å². The Morgan fingerprint density at radius 2 is 1.88 bits per heavy atom. The topological polar surface area (TPSA) is 72.5 Å². The van der Waals surface area contributed by atoms with Gasteiger partial charge in [0.1, 0.15) is 23.2 Å². The van der Waals surface area contributed by atoms with Gasteiger partial charge in [0, 0.05) is 5.39 Å². The first-order chi connectivity index (χ1) is 12.3. The molecule has 0 saturated carbocycles. The molecule has 0 saturated heterocycles. The third-order valence-electron chi connectivity index (χ3n) is 4.00. The molecule has 6 nitrogen and oxygen atoms in total. The van der Waals surface area contributed by atoms with Crippen LogP contribution >= 0.6 is 0 Å². The number of anilines is 1. The highest BCUT2D eigenvalue weighted by Crippen LogP contribution is 2.30. The molecule has 6 heteroatoms. The summed E-state index contributed by atoms with van der Waals surface area (Å²) in [5.74, 6) is 1.35. The molecule has 4 rings (SSSR count). The van der Waals surface area contributed by atoms with Gasteiger partial charge in [-0.1, -0.05) is 12.1 Å². The van der Waals surface area contributed by atoms with Gasteiger partial charge in [-0.2, -0.15) is 5.10 Å². The van der Waals surface area contributed by atoms with Gasteiger partial charge < -0.3 is 9.15 Å². The molecule has 2 heterocycles. The predicted molar refractivity (Wildman–Crippen MR) is 98.1 cm³/mol. The Kier molecular flexibility index (Phi) is 3.78. The second kappa shape index (κ2) is 6.24. The van der Waals surface area contributed by atoms with Crippen molar-refractivity contribution in [2.45, 2.75) is 6.92 Å². The zero-order chi connectivity index (χ0) is 17.2. The van der Waals surface area contributed by atoms with Crippen LogP contribution in [0.3, 0.4) is 0 Å². The average molecular weight is 332 g/mol. The monoisotopic (exact) mass is 332 g/mol. The van der Waals surface area contributed by atoms with Crippen molar-refractivity contribution in [1.82, 2.24) is 9.97 Å². The lowest BCUT2D eigenvalue weighted by Crippen LogP contribution is -2.01. The van der Waals surface area contributed by atoms with E-state index >= 15 is 0 Å². The molecule has 2 aromatic heterocycles. The smallest absolute Gasteiger partial charge is 0.197 e. The number of para-hydroxylation sites is 1. The fourth-order valence-electron chi connectivity index (χ4n) is 2.64. The number of aromatic nitrogens is 2. The summed E-state index contributed by atoms with van der Waals surface area (Å²) in [4.78, 5) is 8.58. The van der Waals surface area contributed by atoms with Gasteiger partial charge in [0.05, 0.1) is 12.8 Å². The molecular formula is C19H16N4O2. The molecule has 0 spiro atoms. The fraction of sp³-hybridized carbons (Fsp3) is 0.105. The van der Waals surface area contributed by atoms with Crippen molar-refractivity contribution in [3.63, 3.8) is 0 Å². The summed E-state index contributed by atoms with van der Waals surface area (Å²) in [5.41, 5.74) is 6.94. The second-order valence-corrected chi connectivity index (χ2v) is 5.54. The van der Waals surface area contributed by atoms with Crippen LogP contribution in [-0.4, -0.2) is 22.8 Å². The van der Waals surface area contributed by atoms with E-state index in [2.05, 4.69) is 20.5 Å². The summed E-state index contributed by atoms with van der Waals surface area (Å²) in [6.45, 7) is 1.92. The van der Waals surface area contributed by atoms with Crippen LogP contribution in [0.2, 0.25) is 0 Å². The molecule has 4 aromatic rings. The van der Waals surface area contributed by atoms with E-state index in [1.54, 1.807) is 7.11 Å². The lowest BCUT2D eigenvalue weighted by molar-refractivity contribution is 0.415. The normalized spacial score (nSPS) is 11.8. The molecular weight excluding hydrogens is 316 g/mol. The van der Waals surface area contributed by atoms with E-state index in [4.69, 9.17) is 9.15 Å². The number of furan rings is 1. The third-order valence-corrected chi connectivity index (χ3v) is 4.00. The summed E-state index contributed by atoms with van der Waals surface area (Å²) < 4.78 is 11.0. The van der Waals surface area contributed by atoms with Crippen molar-refractivity contribution in [2.24, 2.45) is 5.10 Å². The zero-order valence-electron chi connectivity index (χ0n) is 13.9. The molecule has 0 aliphatic heterocycles. The maximum Gasteiger partial charge on any atom is 0.197 e. The van der Waals surface area contributed by atoms with Gasteiger partial charge >= 0.3 is 0 Å². The molecule has 1 N–H and O–H groups in total. The van der Waals surface area contributed by atoms with Gasteiger partial charge in [0.2, 0.25) is 0 Å². The lowest BCUT2D eigenvalue weighted by atomic mass is 10.1. The minimum atomic E-state index is 0.536. The van der Waals surface area contributed by atoms with Crippen molar-refractivity contribution >= 4 is 33.6 Å². The first kappa shape index (κ1) is 15.1. The molecule has 2 aromatic carbocycles. The number of nitrogens with zero attached hydrogens (tertiary/aromatic N) is 3. The molecule has 0 radical (unpaired) electrons. The molecule has 124 valence electrons. The van der Waals surface area contributed by atoms with Crippen molar-refractivity contribution in [1.29, 1.82) is 0 Å². The van der Waals surface area contributed by atoms with Gasteiger partial charge in [-0.15, -0.1) is 0 Å². The van der Waals surface area contributed by atoms with Crippen molar-refractivity contribution in [3.8, 4) is 5.75 Å². The van der Waals surface area contributed by atoms with E-state index in [-0.39, 0.29) is 0 Å². The average Bonchev–Trinajstić information content (AvgIpc) is 3.05. The van der Waals surface area contributed by atoms with E-state index in [1.165, 1.54) is 6.33 Å². The minimum absolute atomic E-state index is 0.536. The van der Waals surface area contributed by atoms with Crippen molar-refractivity contribution in [3.05, 3.63) is 60.4 Å². The molecule has 0 fully saturated rings. The number of fused-ring (bicyclic) bond motifs is 3. The number of nitrogens with one attached hydrogen (secondary N) is 1. The number of ether oxygens (including phenoxy) is 1. The molecule has 0 atom stereocenters. The van der Waals surface area contributed by atoms with Crippen LogP contribution in [0.15, 0.2) is 64.4 Å². The maximum atomic E-state index is 5.88. The standard InChI is InChI=1S/C19H16N4O2/c1-12(13-7-9-14(24-2)10-8-13)22-23-19-18-17(20-11-21-19)15-5-3-4-6-16(15)25-18/h3-11H,1-2H3,(H,20,21,23)/b22-12-.